The average molecular weight is 387 g/mol. The minimum absolute atomic E-state index is 0.0317. The summed E-state index contributed by atoms with van der Waals surface area (Å²) < 4.78 is 11.9. The van der Waals surface area contributed by atoms with Crippen molar-refractivity contribution in [2.75, 3.05) is 7.11 Å². The number of pyridine rings is 1. The number of aryl methyl sites for hydroxylation is 1. The van der Waals surface area contributed by atoms with Crippen LogP contribution in [0.3, 0.4) is 0 Å². The number of phenolic OH excluding ortho intramolecular Hbond substituents is 1. The molecule has 3 aromatic rings. The second kappa shape index (κ2) is 6.81. The number of phenols is 1. The minimum atomic E-state index is -0.477. The maximum Gasteiger partial charge on any atom is 0.230 e. The first-order valence-electron chi connectivity index (χ1n) is 9.56. The van der Waals surface area contributed by atoms with Crippen molar-refractivity contribution in [2.24, 2.45) is 5.10 Å². The number of hydrogen-bond donors (Lipinski definition) is 1. The van der Waals surface area contributed by atoms with Gasteiger partial charge < -0.3 is 14.6 Å². The number of hydrazone groups is 1. The summed E-state index contributed by atoms with van der Waals surface area (Å²) in [5.74, 6) is 1.64. The van der Waals surface area contributed by atoms with Crippen molar-refractivity contribution >= 4 is 5.71 Å². The highest BCUT2D eigenvalue weighted by atomic mass is 16.5. The van der Waals surface area contributed by atoms with Crippen LogP contribution >= 0.6 is 0 Å². The van der Waals surface area contributed by atoms with Crippen molar-refractivity contribution in [3.05, 3.63) is 83.2 Å². The maximum absolute atomic E-state index is 10.4. The maximum atomic E-state index is 10.4. The van der Waals surface area contributed by atoms with Gasteiger partial charge in [0.1, 0.15) is 11.4 Å². The van der Waals surface area contributed by atoms with Crippen LogP contribution in [0.5, 0.6) is 17.2 Å². The van der Waals surface area contributed by atoms with E-state index in [4.69, 9.17) is 14.6 Å². The van der Waals surface area contributed by atoms with E-state index >= 15 is 0 Å². The third-order valence-corrected chi connectivity index (χ3v) is 5.40. The molecular weight excluding hydrogens is 366 g/mol. The van der Waals surface area contributed by atoms with Gasteiger partial charge in [0.2, 0.25) is 6.23 Å². The van der Waals surface area contributed by atoms with Crippen LogP contribution in [0.25, 0.3) is 0 Å². The highest BCUT2D eigenvalue weighted by Gasteiger charge is 2.43. The Kier molecular flexibility index (Phi) is 4.12. The van der Waals surface area contributed by atoms with E-state index in [1.165, 1.54) is 0 Å². The molecule has 2 aliphatic rings. The molecule has 2 aromatic carbocycles. The van der Waals surface area contributed by atoms with E-state index in [1.54, 1.807) is 19.4 Å². The average Bonchev–Trinajstić information content (AvgIpc) is 3.20. The van der Waals surface area contributed by atoms with Crippen molar-refractivity contribution in [1.82, 2.24) is 9.99 Å². The van der Waals surface area contributed by atoms with Gasteiger partial charge in [-0.2, -0.15) is 5.10 Å². The summed E-state index contributed by atoms with van der Waals surface area (Å²) in [4.78, 5) is 4.49. The largest absolute Gasteiger partial charge is 0.507 e. The predicted molar refractivity (Wildman–Crippen MR) is 109 cm³/mol. The van der Waals surface area contributed by atoms with Gasteiger partial charge in [-0.05, 0) is 37.3 Å². The number of hydrogen-bond acceptors (Lipinski definition) is 6. The van der Waals surface area contributed by atoms with E-state index in [1.807, 2.05) is 60.5 Å². The van der Waals surface area contributed by atoms with Crippen LogP contribution in [-0.2, 0) is 0 Å². The van der Waals surface area contributed by atoms with E-state index < -0.39 is 6.23 Å². The monoisotopic (exact) mass is 387 g/mol. The van der Waals surface area contributed by atoms with E-state index in [9.17, 15) is 5.11 Å². The van der Waals surface area contributed by atoms with E-state index in [2.05, 4.69) is 4.98 Å². The number of aromatic hydroxyl groups is 1. The molecule has 1 N–H and O–H groups in total. The van der Waals surface area contributed by atoms with Gasteiger partial charge in [0.25, 0.3) is 0 Å². The van der Waals surface area contributed by atoms with Crippen LogP contribution in [0.4, 0.5) is 0 Å². The van der Waals surface area contributed by atoms with Gasteiger partial charge in [-0.25, -0.2) is 5.01 Å². The van der Waals surface area contributed by atoms with Crippen molar-refractivity contribution in [1.29, 1.82) is 0 Å². The Morgan fingerprint density at radius 1 is 1.14 bits per heavy atom. The number of methoxy groups -OCH3 is 1. The van der Waals surface area contributed by atoms with Gasteiger partial charge in [-0.1, -0.05) is 29.8 Å². The summed E-state index contributed by atoms with van der Waals surface area (Å²) in [5, 5.41) is 17.3. The zero-order valence-corrected chi connectivity index (χ0v) is 16.2. The number of para-hydroxylation sites is 1. The third-order valence-electron chi connectivity index (χ3n) is 5.40. The first-order chi connectivity index (χ1) is 14.2. The standard InChI is InChI=1S/C23H21N3O3/c1-14-9-10-20(27)16(12-14)18-13-19-15-6-5-8-21(28-2)22(15)29-23(26(19)25-18)17-7-3-4-11-24-17/h3-12,19,23,27H,13H2,1-2H3/t19-,23+/m0/s1. The molecule has 6 heteroatoms. The molecule has 0 amide bonds. The lowest BCUT2D eigenvalue weighted by molar-refractivity contribution is -0.0236. The smallest absolute Gasteiger partial charge is 0.230 e. The summed E-state index contributed by atoms with van der Waals surface area (Å²) >= 11 is 0. The molecule has 146 valence electrons. The number of nitrogens with zero attached hydrogens (tertiary/aromatic N) is 3. The van der Waals surface area contributed by atoms with Gasteiger partial charge in [0, 0.05) is 23.7 Å². The van der Waals surface area contributed by atoms with Crippen molar-refractivity contribution in [2.45, 2.75) is 25.6 Å². The number of benzene rings is 2. The molecule has 0 saturated carbocycles. The van der Waals surface area contributed by atoms with Gasteiger partial charge in [0.05, 0.1) is 18.9 Å². The summed E-state index contributed by atoms with van der Waals surface area (Å²) in [7, 11) is 1.64. The summed E-state index contributed by atoms with van der Waals surface area (Å²) in [6.07, 6.45) is 1.93. The minimum Gasteiger partial charge on any atom is -0.507 e. The molecule has 3 heterocycles. The summed E-state index contributed by atoms with van der Waals surface area (Å²) in [6.45, 7) is 2.01. The Labute approximate surface area is 169 Å². The quantitative estimate of drug-likeness (QED) is 0.724. The number of aromatic nitrogens is 1. The second-order valence-corrected chi connectivity index (χ2v) is 7.27. The molecule has 29 heavy (non-hydrogen) atoms. The van der Waals surface area contributed by atoms with Gasteiger partial charge in [-0.3, -0.25) is 4.98 Å². The zero-order valence-electron chi connectivity index (χ0n) is 16.2. The van der Waals surface area contributed by atoms with E-state index in [-0.39, 0.29) is 11.8 Å². The van der Waals surface area contributed by atoms with Crippen molar-refractivity contribution < 1.29 is 14.6 Å². The predicted octanol–water partition coefficient (Wildman–Crippen LogP) is 4.35. The molecule has 0 spiro atoms. The van der Waals surface area contributed by atoms with E-state index in [0.717, 1.165) is 33.8 Å². The number of fused-ring (bicyclic) bond motifs is 3. The van der Waals surface area contributed by atoms with Crippen LogP contribution in [0.1, 0.15) is 41.1 Å². The Bertz CT molecular complexity index is 1100. The van der Waals surface area contributed by atoms with Crippen LogP contribution in [0, 0.1) is 6.92 Å². The molecule has 2 atom stereocenters. The highest BCUT2D eigenvalue weighted by Crippen LogP contribution is 2.50. The molecule has 0 radical (unpaired) electrons. The van der Waals surface area contributed by atoms with Crippen LogP contribution in [0.15, 0.2) is 65.9 Å². The fraction of sp³-hybridized carbons (Fsp3) is 0.217. The molecule has 1 aromatic heterocycles. The molecule has 0 fully saturated rings. The lowest BCUT2D eigenvalue weighted by Gasteiger charge is -2.38. The Morgan fingerprint density at radius 2 is 2.03 bits per heavy atom. The third kappa shape index (κ3) is 2.88. The number of rotatable bonds is 3. The Morgan fingerprint density at radius 3 is 2.83 bits per heavy atom. The molecular formula is C23H21N3O3. The number of ether oxygens (including phenoxy) is 2. The van der Waals surface area contributed by atoms with Crippen LogP contribution in [0.2, 0.25) is 0 Å². The molecule has 6 nitrogen and oxygen atoms in total. The Balaban J connectivity index is 1.64. The first kappa shape index (κ1) is 17.6. The fourth-order valence-corrected chi connectivity index (χ4v) is 4.01. The highest BCUT2D eigenvalue weighted by molar-refractivity contribution is 6.04. The van der Waals surface area contributed by atoms with Crippen LogP contribution < -0.4 is 9.47 Å². The first-order valence-corrected chi connectivity index (χ1v) is 9.56. The lowest BCUT2D eigenvalue weighted by atomic mass is 9.95. The molecule has 0 bridgehead atoms. The summed E-state index contributed by atoms with van der Waals surface area (Å²) in [6, 6.07) is 17.2. The molecule has 0 saturated heterocycles. The molecule has 0 aliphatic carbocycles. The van der Waals surface area contributed by atoms with Crippen molar-refractivity contribution in [3.8, 4) is 17.2 Å². The van der Waals surface area contributed by atoms with Crippen molar-refractivity contribution in [3.63, 3.8) is 0 Å². The molecule has 5 rings (SSSR count). The van der Waals surface area contributed by atoms with Gasteiger partial charge in [-0.15, -0.1) is 0 Å². The fourth-order valence-electron chi connectivity index (χ4n) is 4.01. The Hall–Kier alpha value is -3.54. The van der Waals surface area contributed by atoms with Gasteiger partial charge >= 0.3 is 0 Å². The normalized spacial score (nSPS) is 19.8. The lowest BCUT2D eigenvalue weighted by Crippen LogP contribution is -2.34. The molecule has 2 aliphatic heterocycles. The second-order valence-electron chi connectivity index (χ2n) is 7.27. The summed E-state index contributed by atoms with van der Waals surface area (Å²) in [5.41, 5.74) is 4.44. The SMILES string of the molecule is COc1cccc2c1O[C@H](c1ccccn1)N1N=C(c3cc(C)ccc3O)C[C@@H]21. The van der Waals surface area contributed by atoms with E-state index in [0.29, 0.717) is 12.2 Å². The molecule has 0 unspecified atom stereocenters. The zero-order chi connectivity index (χ0) is 20.0. The topological polar surface area (TPSA) is 67.2 Å². The van der Waals surface area contributed by atoms with Gasteiger partial charge in [0.15, 0.2) is 11.5 Å². The van der Waals surface area contributed by atoms with Crippen LogP contribution in [-0.4, -0.2) is 27.9 Å².